The minimum atomic E-state index is -0.386. The van der Waals surface area contributed by atoms with Gasteiger partial charge in [0, 0.05) is 11.4 Å². The second kappa shape index (κ2) is 7.45. The normalized spacial score (nSPS) is 9.95. The second-order valence-electron chi connectivity index (χ2n) is 4.28. The number of rotatable bonds is 3. The molecule has 4 nitrogen and oxygen atoms in total. The van der Waals surface area contributed by atoms with Gasteiger partial charge in [0.05, 0.1) is 22.7 Å². The summed E-state index contributed by atoms with van der Waals surface area (Å²) in [7, 11) is 1.34. The van der Waals surface area contributed by atoms with Crippen LogP contribution in [0, 0.1) is 0 Å². The van der Waals surface area contributed by atoms with Crippen molar-refractivity contribution in [3.8, 4) is 0 Å². The zero-order valence-electron chi connectivity index (χ0n) is 11.5. The Labute approximate surface area is 143 Å². The quantitative estimate of drug-likeness (QED) is 0.623. The lowest BCUT2D eigenvalue weighted by atomic mass is 10.2. The van der Waals surface area contributed by atoms with Gasteiger partial charge in [0.25, 0.3) is 0 Å². The number of nitrogens with one attached hydrogen (secondary N) is 2. The average molecular weight is 355 g/mol. The first kappa shape index (κ1) is 16.5. The Bertz CT molecular complexity index is 705. The van der Waals surface area contributed by atoms with Crippen molar-refractivity contribution in [2.75, 3.05) is 17.7 Å². The molecule has 0 atom stereocenters. The Morgan fingerprint density at radius 1 is 1.00 bits per heavy atom. The minimum absolute atomic E-state index is 0.386. The van der Waals surface area contributed by atoms with E-state index < -0.39 is 0 Å². The van der Waals surface area contributed by atoms with E-state index in [4.69, 9.17) is 35.4 Å². The summed E-state index contributed by atoms with van der Waals surface area (Å²) in [4.78, 5) is 11.3. The Morgan fingerprint density at radius 2 is 1.59 bits per heavy atom. The van der Waals surface area contributed by atoms with Crippen LogP contribution >= 0.6 is 35.4 Å². The topological polar surface area (TPSA) is 50.4 Å². The molecule has 0 heterocycles. The van der Waals surface area contributed by atoms with Crippen molar-refractivity contribution in [2.24, 2.45) is 0 Å². The number of ether oxygens (including phenoxy) is 1. The number of carbonyl (C=O) groups is 1. The summed E-state index contributed by atoms with van der Waals surface area (Å²) >= 11 is 17.0. The van der Waals surface area contributed by atoms with Gasteiger partial charge in [0.1, 0.15) is 0 Å². The van der Waals surface area contributed by atoms with E-state index in [-0.39, 0.29) is 5.97 Å². The molecule has 2 aromatic rings. The van der Waals surface area contributed by atoms with Gasteiger partial charge in [-0.25, -0.2) is 4.79 Å². The fourth-order valence-corrected chi connectivity index (χ4v) is 2.21. The van der Waals surface area contributed by atoms with Gasteiger partial charge in [0.15, 0.2) is 5.11 Å². The molecule has 2 N–H and O–H groups in total. The number of esters is 1. The molecular formula is C15H12Cl2N2O2S. The molecule has 2 rings (SSSR count). The van der Waals surface area contributed by atoms with Crippen LogP contribution in [0.3, 0.4) is 0 Å². The Kier molecular flexibility index (Phi) is 5.60. The third kappa shape index (κ3) is 4.34. The smallest absolute Gasteiger partial charge is 0.337 e. The lowest BCUT2D eigenvalue weighted by Crippen LogP contribution is -2.19. The van der Waals surface area contributed by atoms with Crippen LogP contribution in [0.25, 0.3) is 0 Å². The van der Waals surface area contributed by atoms with Crippen LogP contribution in [-0.4, -0.2) is 18.2 Å². The van der Waals surface area contributed by atoms with Crippen molar-refractivity contribution in [2.45, 2.75) is 0 Å². The zero-order valence-corrected chi connectivity index (χ0v) is 13.9. The van der Waals surface area contributed by atoms with E-state index in [9.17, 15) is 4.79 Å². The molecule has 0 saturated carbocycles. The monoisotopic (exact) mass is 354 g/mol. The summed E-state index contributed by atoms with van der Waals surface area (Å²) < 4.78 is 4.64. The van der Waals surface area contributed by atoms with Gasteiger partial charge in [0.2, 0.25) is 0 Å². The van der Waals surface area contributed by atoms with Crippen LogP contribution in [0.15, 0.2) is 42.5 Å². The molecule has 0 saturated heterocycles. The lowest BCUT2D eigenvalue weighted by Gasteiger charge is -2.11. The maximum absolute atomic E-state index is 11.3. The highest BCUT2D eigenvalue weighted by atomic mass is 35.5. The molecule has 0 unspecified atom stereocenters. The van der Waals surface area contributed by atoms with Crippen molar-refractivity contribution >= 4 is 57.9 Å². The molecule has 0 aliphatic heterocycles. The molecule has 0 fully saturated rings. The van der Waals surface area contributed by atoms with Gasteiger partial charge in [-0.15, -0.1) is 0 Å². The standard InChI is InChI=1S/C15H12Cl2N2O2S/c1-21-14(20)9-2-4-10(5-3-9)18-15(22)19-11-6-7-12(16)13(17)8-11/h2-8H,1H3,(H2,18,19,22). The Morgan fingerprint density at radius 3 is 2.18 bits per heavy atom. The Hall–Kier alpha value is -1.82. The SMILES string of the molecule is COC(=O)c1ccc(NC(=S)Nc2ccc(Cl)c(Cl)c2)cc1. The number of thiocarbonyl (C=S) groups is 1. The van der Waals surface area contributed by atoms with E-state index in [2.05, 4.69) is 15.4 Å². The first-order valence-corrected chi connectivity index (χ1v) is 7.37. The summed E-state index contributed by atoms with van der Waals surface area (Å²) in [5, 5.41) is 7.30. The molecule has 0 aromatic heterocycles. The maximum atomic E-state index is 11.3. The van der Waals surface area contributed by atoms with Gasteiger partial charge >= 0.3 is 5.97 Å². The van der Waals surface area contributed by atoms with Gasteiger partial charge in [-0.3, -0.25) is 0 Å². The number of hydrogen-bond donors (Lipinski definition) is 2. The number of carbonyl (C=O) groups excluding carboxylic acids is 1. The molecule has 0 amide bonds. The largest absolute Gasteiger partial charge is 0.465 e. The van der Waals surface area contributed by atoms with Gasteiger partial charge in [-0.1, -0.05) is 23.2 Å². The highest BCUT2D eigenvalue weighted by Gasteiger charge is 2.05. The molecule has 0 aliphatic rings. The van der Waals surface area contributed by atoms with E-state index in [1.165, 1.54) is 7.11 Å². The van der Waals surface area contributed by atoms with Crippen molar-refractivity contribution in [3.63, 3.8) is 0 Å². The highest BCUT2D eigenvalue weighted by Crippen LogP contribution is 2.25. The number of benzene rings is 2. The third-order valence-electron chi connectivity index (χ3n) is 2.74. The summed E-state index contributed by atoms with van der Waals surface area (Å²) in [5.41, 5.74) is 1.93. The third-order valence-corrected chi connectivity index (χ3v) is 3.68. The van der Waals surface area contributed by atoms with Crippen LogP contribution in [0.4, 0.5) is 11.4 Å². The number of halogens is 2. The number of hydrogen-bond acceptors (Lipinski definition) is 3. The fraction of sp³-hybridized carbons (Fsp3) is 0.0667. The first-order chi connectivity index (χ1) is 10.5. The van der Waals surface area contributed by atoms with E-state index in [1.54, 1.807) is 42.5 Å². The maximum Gasteiger partial charge on any atom is 0.337 e. The fourth-order valence-electron chi connectivity index (χ4n) is 1.67. The molecule has 114 valence electrons. The van der Waals surface area contributed by atoms with Crippen molar-refractivity contribution in [1.29, 1.82) is 0 Å². The van der Waals surface area contributed by atoms with Crippen LogP contribution in [0.2, 0.25) is 10.0 Å². The second-order valence-corrected chi connectivity index (χ2v) is 5.50. The summed E-state index contributed by atoms with van der Waals surface area (Å²) in [6, 6.07) is 11.9. The van der Waals surface area contributed by atoms with Crippen molar-refractivity contribution in [3.05, 3.63) is 58.1 Å². The van der Waals surface area contributed by atoms with Crippen LogP contribution < -0.4 is 10.6 Å². The molecule has 0 aliphatic carbocycles. The van der Waals surface area contributed by atoms with E-state index in [0.717, 1.165) is 11.4 Å². The van der Waals surface area contributed by atoms with Gasteiger partial charge < -0.3 is 15.4 Å². The first-order valence-electron chi connectivity index (χ1n) is 6.21. The molecule has 22 heavy (non-hydrogen) atoms. The number of anilines is 2. The van der Waals surface area contributed by atoms with Gasteiger partial charge in [-0.2, -0.15) is 0 Å². The Balaban J connectivity index is 1.99. The molecule has 0 radical (unpaired) electrons. The zero-order chi connectivity index (χ0) is 16.1. The average Bonchev–Trinajstić information content (AvgIpc) is 2.51. The molecular weight excluding hydrogens is 343 g/mol. The molecule has 7 heteroatoms. The predicted octanol–water partition coefficient (Wildman–Crippen LogP) is 4.59. The van der Waals surface area contributed by atoms with Gasteiger partial charge in [-0.05, 0) is 54.7 Å². The van der Waals surface area contributed by atoms with E-state index in [1.807, 2.05) is 0 Å². The summed E-state index contributed by atoms with van der Waals surface area (Å²) in [5.74, 6) is -0.386. The lowest BCUT2D eigenvalue weighted by molar-refractivity contribution is 0.0601. The summed E-state index contributed by atoms with van der Waals surface area (Å²) in [6.07, 6.45) is 0. The molecule has 2 aromatic carbocycles. The minimum Gasteiger partial charge on any atom is -0.465 e. The van der Waals surface area contributed by atoms with E-state index in [0.29, 0.717) is 20.7 Å². The summed E-state index contributed by atoms with van der Waals surface area (Å²) in [6.45, 7) is 0. The number of methoxy groups -OCH3 is 1. The van der Waals surface area contributed by atoms with E-state index >= 15 is 0 Å². The van der Waals surface area contributed by atoms with Crippen molar-refractivity contribution < 1.29 is 9.53 Å². The van der Waals surface area contributed by atoms with Crippen LogP contribution in [-0.2, 0) is 4.74 Å². The van der Waals surface area contributed by atoms with Crippen molar-refractivity contribution in [1.82, 2.24) is 0 Å². The molecule has 0 bridgehead atoms. The van der Waals surface area contributed by atoms with Crippen LogP contribution in [0.5, 0.6) is 0 Å². The van der Waals surface area contributed by atoms with Crippen LogP contribution in [0.1, 0.15) is 10.4 Å². The molecule has 0 spiro atoms. The predicted molar refractivity (Wildman–Crippen MR) is 94.1 cm³/mol. The highest BCUT2D eigenvalue weighted by molar-refractivity contribution is 7.80.